The lowest BCUT2D eigenvalue weighted by Gasteiger charge is -2.36. The second-order valence-electron chi connectivity index (χ2n) is 5.23. The number of carbonyl (C=O) groups is 3. The fourth-order valence-corrected chi connectivity index (χ4v) is 4.31. The molecule has 112 valence electrons. The predicted octanol–water partition coefficient (Wildman–Crippen LogP) is 2.48. The molecule has 1 aromatic heterocycles. The summed E-state index contributed by atoms with van der Waals surface area (Å²) < 4.78 is 0. The number of hydrogen-bond acceptors (Lipinski definition) is 5. The highest BCUT2D eigenvalue weighted by molar-refractivity contribution is 8.14. The predicted molar refractivity (Wildman–Crippen MR) is 82.5 cm³/mol. The van der Waals surface area contributed by atoms with E-state index in [2.05, 4.69) is 5.32 Å². The largest absolute Gasteiger partial charge is 0.347 e. The summed E-state index contributed by atoms with van der Waals surface area (Å²) in [6, 6.07) is 3.28. The van der Waals surface area contributed by atoms with Crippen LogP contribution in [-0.2, 0) is 4.79 Å². The highest BCUT2D eigenvalue weighted by Crippen LogP contribution is 2.30. The van der Waals surface area contributed by atoms with E-state index in [-0.39, 0.29) is 34.9 Å². The van der Waals surface area contributed by atoms with Gasteiger partial charge in [-0.25, -0.2) is 0 Å². The fraction of sp³-hybridized carbons (Fsp3) is 0.500. The van der Waals surface area contributed by atoms with Crippen molar-refractivity contribution in [3.63, 3.8) is 0 Å². The molecular weight excluding hydrogens is 308 g/mol. The maximum absolute atomic E-state index is 12.2. The SMILES string of the molecule is O=C(N[C@@H]1CCCC[C@H]1N1C(=O)CSC1=O)c1cccs1. The Kier molecular flexibility index (Phi) is 4.30. The number of rotatable bonds is 3. The van der Waals surface area contributed by atoms with Gasteiger partial charge in [0.25, 0.3) is 11.1 Å². The Labute approximate surface area is 131 Å². The van der Waals surface area contributed by atoms with Gasteiger partial charge in [-0.3, -0.25) is 19.3 Å². The van der Waals surface area contributed by atoms with Crippen LogP contribution in [0.1, 0.15) is 35.4 Å². The first-order chi connectivity index (χ1) is 10.2. The van der Waals surface area contributed by atoms with Gasteiger partial charge in [0, 0.05) is 0 Å². The molecule has 2 aliphatic rings. The zero-order valence-corrected chi connectivity index (χ0v) is 13.0. The molecule has 1 aliphatic heterocycles. The quantitative estimate of drug-likeness (QED) is 0.927. The molecule has 3 amide bonds. The Morgan fingerprint density at radius 2 is 2.10 bits per heavy atom. The lowest BCUT2D eigenvalue weighted by atomic mass is 9.89. The van der Waals surface area contributed by atoms with Crippen LogP contribution < -0.4 is 5.32 Å². The van der Waals surface area contributed by atoms with E-state index in [1.54, 1.807) is 6.07 Å². The summed E-state index contributed by atoms with van der Waals surface area (Å²) in [5, 5.41) is 4.69. The van der Waals surface area contributed by atoms with Crippen molar-refractivity contribution < 1.29 is 14.4 Å². The van der Waals surface area contributed by atoms with Gasteiger partial charge in [0.15, 0.2) is 0 Å². The Morgan fingerprint density at radius 3 is 2.76 bits per heavy atom. The molecule has 0 radical (unpaired) electrons. The van der Waals surface area contributed by atoms with Crippen LogP contribution in [0.15, 0.2) is 17.5 Å². The summed E-state index contributed by atoms with van der Waals surface area (Å²) in [6.45, 7) is 0. The smallest absolute Gasteiger partial charge is 0.289 e. The molecule has 2 heterocycles. The van der Waals surface area contributed by atoms with Gasteiger partial charge in [-0.15, -0.1) is 11.3 Å². The van der Waals surface area contributed by atoms with E-state index in [1.807, 2.05) is 11.4 Å². The molecule has 1 saturated heterocycles. The number of nitrogens with one attached hydrogen (secondary N) is 1. The second-order valence-corrected chi connectivity index (χ2v) is 7.10. The zero-order chi connectivity index (χ0) is 14.8. The number of hydrogen-bond donors (Lipinski definition) is 1. The van der Waals surface area contributed by atoms with Crippen LogP contribution in [0.3, 0.4) is 0 Å². The summed E-state index contributed by atoms with van der Waals surface area (Å²) in [7, 11) is 0. The minimum Gasteiger partial charge on any atom is -0.347 e. The summed E-state index contributed by atoms with van der Waals surface area (Å²) in [5.74, 6) is -0.0260. The molecule has 1 aromatic rings. The number of imide groups is 1. The molecule has 1 N–H and O–H groups in total. The van der Waals surface area contributed by atoms with Gasteiger partial charge in [0.1, 0.15) is 0 Å². The molecule has 0 unspecified atom stereocenters. The topological polar surface area (TPSA) is 66.5 Å². The van der Waals surface area contributed by atoms with Crippen LogP contribution in [0, 0.1) is 0 Å². The van der Waals surface area contributed by atoms with Crippen LogP contribution in [0.4, 0.5) is 4.79 Å². The van der Waals surface area contributed by atoms with Gasteiger partial charge in [-0.1, -0.05) is 30.7 Å². The van der Waals surface area contributed by atoms with Crippen LogP contribution in [-0.4, -0.2) is 39.8 Å². The maximum atomic E-state index is 12.2. The third-order valence-electron chi connectivity index (χ3n) is 3.91. The first-order valence-corrected chi connectivity index (χ1v) is 8.86. The fourth-order valence-electron chi connectivity index (χ4n) is 2.92. The average Bonchev–Trinajstić information content (AvgIpc) is 3.11. The van der Waals surface area contributed by atoms with Crippen molar-refractivity contribution in [3.05, 3.63) is 22.4 Å². The minimum atomic E-state index is -0.197. The summed E-state index contributed by atoms with van der Waals surface area (Å²) >= 11 is 2.44. The van der Waals surface area contributed by atoms with Crippen molar-refractivity contribution in [2.45, 2.75) is 37.8 Å². The normalized spacial score (nSPS) is 26.2. The minimum absolute atomic E-state index is 0.117. The first-order valence-electron chi connectivity index (χ1n) is 7.00. The molecule has 5 nitrogen and oxygen atoms in total. The monoisotopic (exact) mass is 324 g/mol. The van der Waals surface area contributed by atoms with Gasteiger partial charge in [0.05, 0.1) is 22.7 Å². The molecule has 1 aliphatic carbocycles. The lowest BCUT2D eigenvalue weighted by molar-refractivity contribution is -0.127. The molecule has 0 aromatic carbocycles. The maximum Gasteiger partial charge on any atom is 0.289 e. The van der Waals surface area contributed by atoms with Gasteiger partial charge in [-0.05, 0) is 24.3 Å². The molecule has 21 heavy (non-hydrogen) atoms. The standard InChI is InChI=1S/C14H16N2O3S2/c17-12-8-21-14(19)16(12)10-5-2-1-4-9(10)15-13(18)11-6-3-7-20-11/h3,6-7,9-10H,1-2,4-5,8H2,(H,15,18)/t9-,10-/m1/s1. The average molecular weight is 324 g/mol. The van der Waals surface area contributed by atoms with Crippen molar-refractivity contribution >= 4 is 40.2 Å². The van der Waals surface area contributed by atoms with E-state index in [1.165, 1.54) is 16.2 Å². The van der Waals surface area contributed by atoms with E-state index in [4.69, 9.17) is 0 Å². The number of amides is 3. The van der Waals surface area contributed by atoms with E-state index in [0.717, 1.165) is 37.4 Å². The molecule has 1 saturated carbocycles. The first kappa shape index (κ1) is 14.6. The van der Waals surface area contributed by atoms with Gasteiger partial charge >= 0.3 is 0 Å². The molecule has 2 fully saturated rings. The Bertz CT molecular complexity index is 543. The third-order valence-corrected chi connectivity index (χ3v) is 5.61. The van der Waals surface area contributed by atoms with E-state index < -0.39 is 0 Å². The highest BCUT2D eigenvalue weighted by Gasteiger charge is 2.41. The van der Waals surface area contributed by atoms with Crippen molar-refractivity contribution in [1.29, 1.82) is 0 Å². The summed E-state index contributed by atoms with van der Waals surface area (Å²) in [5.41, 5.74) is 0. The summed E-state index contributed by atoms with van der Waals surface area (Å²) in [6.07, 6.45) is 3.57. The Balaban J connectivity index is 1.74. The highest BCUT2D eigenvalue weighted by atomic mass is 32.2. The van der Waals surface area contributed by atoms with Crippen LogP contribution in [0.5, 0.6) is 0 Å². The van der Waals surface area contributed by atoms with Crippen molar-refractivity contribution in [2.24, 2.45) is 0 Å². The molecular formula is C14H16N2O3S2. The van der Waals surface area contributed by atoms with E-state index >= 15 is 0 Å². The second kappa shape index (κ2) is 6.19. The third kappa shape index (κ3) is 2.98. The van der Waals surface area contributed by atoms with E-state index in [0.29, 0.717) is 4.88 Å². The number of carbonyl (C=O) groups excluding carboxylic acids is 3. The lowest BCUT2D eigenvalue weighted by Crippen LogP contribution is -2.54. The molecule has 3 rings (SSSR count). The molecule has 0 bridgehead atoms. The number of nitrogens with zero attached hydrogens (tertiary/aromatic N) is 1. The molecule has 7 heteroatoms. The number of thioether (sulfide) groups is 1. The Morgan fingerprint density at radius 1 is 1.29 bits per heavy atom. The van der Waals surface area contributed by atoms with Crippen LogP contribution in [0.25, 0.3) is 0 Å². The van der Waals surface area contributed by atoms with Gasteiger partial charge in [0.2, 0.25) is 5.91 Å². The molecule has 2 atom stereocenters. The van der Waals surface area contributed by atoms with Crippen LogP contribution in [0.2, 0.25) is 0 Å². The van der Waals surface area contributed by atoms with Crippen LogP contribution >= 0.6 is 23.1 Å². The zero-order valence-electron chi connectivity index (χ0n) is 11.4. The summed E-state index contributed by atoms with van der Waals surface area (Å²) in [4.78, 5) is 38.0. The van der Waals surface area contributed by atoms with Gasteiger partial charge < -0.3 is 5.32 Å². The Hall–Kier alpha value is -1.34. The van der Waals surface area contributed by atoms with Crippen molar-refractivity contribution in [1.82, 2.24) is 10.2 Å². The van der Waals surface area contributed by atoms with Crippen molar-refractivity contribution in [3.8, 4) is 0 Å². The van der Waals surface area contributed by atoms with Crippen molar-refractivity contribution in [2.75, 3.05) is 5.75 Å². The van der Waals surface area contributed by atoms with E-state index in [9.17, 15) is 14.4 Å². The molecule has 0 spiro atoms. The van der Waals surface area contributed by atoms with Gasteiger partial charge in [-0.2, -0.15) is 0 Å². The number of thiophene rings is 1.